The Labute approximate surface area is 86.9 Å². The fourth-order valence-corrected chi connectivity index (χ4v) is 1.39. The third kappa shape index (κ3) is 2.79. The Hall–Kier alpha value is -0.380. The van der Waals surface area contributed by atoms with E-state index in [1.165, 1.54) is 0 Å². The third-order valence-corrected chi connectivity index (χ3v) is 2.68. The molecule has 0 saturated carbocycles. The van der Waals surface area contributed by atoms with E-state index in [-0.39, 0.29) is 18.6 Å². The van der Waals surface area contributed by atoms with Gasteiger partial charge in [-0.15, -0.1) is 0 Å². The van der Waals surface area contributed by atoms with Gasteiger partial charge in [0.2, 0.25) is 0 Å². The van der Waals surface area contributed by atoms with Crippen molar-refractivity contribution in [2.75, 3.05) is 6.61 Å². The zero-order valence-corrected chi connectivity index (χ0v) is 9.16. The molecule has 1 rings (SSSR count). The molecule has 0 aliphatic carbocycles. The molecule has 2 nitrogen and oxygen atoms in total. The Morgan fingerprint density at radius 1 is 1.38 bits per heavy atom. The number of rotatable bonds is 3. The maximum Gasteiger partial charge on any atom is 0.0474 e. The summed E-state index contributed by atoms with van der Waals surface area (Å²) >= 11 is 3.36. The van der Waals surface area contributed by atoms with Crippen molar-refractivity contribution in [2.45, 2.75) is 13.0 Å². The molecule has 1 aromatic rings. The van der Waals surface area contributed by atoms with Gasteiger partial charge in [-0.25, -0.2) is 0 Å². The number of nitrogens with two attached hydrogens (primary N) is 1. The largest absolute Gasteiger partial charge is 0.396 e. The Morgan fingerprint density at radius 2 is 1.92 bits per heavy atom. The molecule has 0 radical (unpaired) electrons. The SMILES string of the molecule is C[C@H](CO)[C@H](N)c1ccc(Br)cc1. The van der Waals surface area contributed by atoms with Crippen molar-refractivity contribution < 1.29 is 5.11 Å². The summed E-state index contributed by atoms with van der Waals surface area (Å²) in [7, 11) is 0. The van der Waals surface area contributed by atoms with Crippen molar-refractivity contribution >= 4 is 15.9 Å². The predicted molar refractivity (Wildman–Crippen MR) is 57.3 cm³/mol. The normalized spacial score (nSPS) is 15.4. The first-order valence-corrected chi connectivity index (χ1v) is 5.06. The maximum absolute atomic E-state index is 8.93. The standard InChI is InChI=1S/C10H14BrNO/c1-7(6-13)10(12)8-2-4-9(11)5-3-8/h2-5,7,10,13H,6,12H2,1H3/t7-,10+/m1/s1. The van der Waals surface area contributed by atoms with Gasteiger partial charge in [0.15, 0.2) is 0 Å². The second-order valence-electron chi connectivity index (χ2n) is 3.24. The van der Waals surface area contributed by atoms with Gasteiger partial charge in [-0.05, 0) is 23.6 Å². The van der Waals surface area contributed by atoms with Gasteiger partial charge < -0.3 is 10.8 Å². The molecule has 0 aliphatic heterocycles. The van der Waals surface area contributed by atoms with E-state index in [2.05, 4.69) is 15.9 Å². The van der Waals surface area contributed by atoms with Crippen LogP contribution in [-0.4, -0.2) is 11.7 Å². The molecule has 0 bridgehead atoms. The van der Waals surface area contributed by atoms with E-state index >= 15 is 0 Å². The topological polar surface area (TPSA) is 46.2 Å². The molecule has 13 heavy (non-hydrogen) atoms. The Kier molecular flexibility index (Phi) is 3.90. The lowest BCUT2D eigenvalue weighted by molar-refractivity contribution is 0.217. The molecular formula is C10H14BrNO. The summed E-state index contributed by atoms with van der Waals surface area (Å²) in [5.41, 5.74) is 6.98. The quantitative estimate of drug-likeness (QED) is 0.855. The maximum atomic E-state index is 8.93. The Morgan fingerprint density at radius 3 is 2.38 bits per heavy atom. The molecule has 0 unspecified atom stereocenters. The molecule has 3 N–H and O–H groups in total. The van der Waals surface area contributed by atoms with Crippen LogP contribution in [0.5, 0.6) is 0 Å². The first kappa shape index (κ1) is 10.7. The van der Waals surface area contributed by atoms with Crippen LogP contribution in [0, 0.1) is 5.92 Å². The third-order valence-electron chi connectivity index (χ3n) is 2.16. The summed E-state index contributed by atoms with van der Waals surface area (Å²) in [6.07, 6.45) is 0. The molecule has 0 saturated heterocycles. The molecule has 2 atom stereocenters. The smallest absolute Gasteiger partial charge is 0.0474 e. The average Bonchev–Trinajstić information content (AvgIpc) is 2.17. The summed E-state index contributed by atoms with van der Waals surface area (Å²) < 4.78 is 1.04. The van der Waals surface area contributed by atoms with Crippen LogP contribution in [0.4, 0.5) is 0 Å². The van der Waals surface area contributed by atoms with Crippen LogP contribution in [0.25, 0.3) is 0 Å². The highest BCUT2D eigenvalue weighted by Gasteiger charge is 2.13. The van der Waals surface area contributed by atoms with Crippen LogP contribution in [0.1, 0.15) is 18.5 Å². The minimum atomic E-state index is -0.0851. The van der Waals surface area contributed by atoms with E-state index in [4.69, 9.17) is 10.8 Å². The minimum Gasteiger partial charge on any atom is -0.396 e. The molecule has 0 fully saturated rings. The van der Waals surface area contributed by atoms with Crippen molar-refractivity contribution in [1.82, 2.24) is 0 Å². The molecule has 72 valence electrons. The van der Waals surface area contributed by atoms with Gasteiger partial charge >= 0.3 is 0 Å². The summed E-state index contributed by atoms with van der Waals surface area (Å²) in [6.45, 7) is 2.06. The van der Waals surface area contributed by atoms with Crippen LogP contribution in [0.2, 0.25) is 0 Å². The highest BCUT2D eigenvalue weighted by molar-refractivity contribution is 9.10. The molecule has 0 heterocycles. The molecule has 1 aromatic carbocycles. The van der Waals surface area contributed by atoms with Gasteiger partial charge in [-0.3, -0.25) is 0 Å². The summed E-state index contributed by atoms with van der Waals surface area (Å²) in [6, 6.07) is 7.78. The van der Waals surface area contributed by atoms with E-state index in [0.29, 0.717) is 0 Å². The predicted octanol–water partition coefficient (Wildman–Crippen LogP) is 2.08. The lowest BCUT2D eigenvalue weighted by atomic mass is 9.96. The van der Waals surface area contributed by atoms with E-state index in [1.54, 1.807) is 0 Å². The number of hydrogen-bond acceptors (Lipinski definition) is 2. The van der Waals surface area contributed by atoms with Gasteiger partial charge in [0, 0.05) is 17.1 Å². The summed E-state index contributed by atoms with van der Waals surface area (Å²) in [4.78, 5) is 0. The van der Waals surface area contributed by atoms with Gasteiger partial charge in [-0.1, -0.05) is 35.0 Å². The Balaban J connectivity index is 2.77. The van der Waals surface area contributed by atoms with E-state index in [0.717, 1.165) is 10.0 Å². The monoisotopic (exact) mass is 243 g/mol. The number of benzene rings is 1. The minimum absolute atomic E-state index is 0.0851. The fraction of sp³-hybridized carbons (Fsp3) is 0.400. The molecular weight excluding hydrogens is 230 g/mol. The summed E-state index contributed by atoms with van der Waals surface area (Å²) in [5, 5.41) is 8.93. The molecule has 0 aromatic heterocycles. The van der Waals surface area contributed by atoms with E-state index in [1.807, 2.05) is 31.2 Å². The van der Waals surface area contributed by atoms with Crippen LogP contribution in [0.3, 0.4) is 0 Å². The average molecular weight is 244 g/mol. The van der Waals surface area contributed by atoms with Crippen molar-refractivity contribution in [1.29, 1.82) is 0 Å². The van der Waals surface area contributed by atoms with E-state index in [9.17, 15) is 0 Å². The number of halogens is 1. The molecule has 3 heteroatoms. The van der Waals surface area contributed by atoms with Gasteiger partial charge in [0.25, 0.3) is 0 Å². The number of aliphatic hydroxyl groups excluding tert-OH is 1. The van der Waals surface area contributed by atoms with Crippen LogP contribution >= 0.6 is 15.9 Å². The van der Waals surface area contributed by atoms with Crippen molar-refractivity contribution in [3.8, 4) is 0 Å². The first-order chi connectivity index (χ1) is 6.15. The fourth-order valence-electron chi connectivity index (χ4n) is 1.13. The van der Waals surface area contributed by atoms with Gasteiger partial charge in [0.1, 0.15) is 0 Å². The van der Waals surface area contributed by atoms with Crippen molar-refractivity contribution in [2.24, 2.45) is 11.7 Å². The highest BCUT2D eigenvalue weighted by atomic mass is 79.9. The molecule has 0 aliphatic rings. The number of aliphatic hydroxyl groups is 1. The highest BCUT2D eigenvalue weighted by Crippen LogP contribution is 2.20. The van der Waals surface area contributed by atoms with Gasteiger partial charge in [0.05, 0.1) is 0 Å². The van der Waals surface area contributed by atoms with Crippen molar-refractivity contribution in [3.05, 3.63) is 34.3 Å². The lowest BCUT2D eigenvalue weighted by Crippen LogP contribution is -2.21. The second-order valence-corrected chi connectivity index (χ2v) is 4.15. The van der Waals surface area contributed by atoms with Crippen molar-refractivity contribution in [3.63, 3.8) is 0 Å². The van der Waals surface area contributed by atoms with Gasteiger partial charge in [-0.2, -0.15) is 0 Å². The zero-order valence-electron chi connectivity index (χ0n) is 7.57. The van der Waals surface area contributed by atoms with Crippen LogP contribution in [-0.2, 0) is 0 Å². The molecule has 0 amide bonds. The van der Waals surface area contributed by atoms with Crippen LogP contribution in [0.15, 0.2) is 28.7 Å². The summed E-state index contributed by atoms with van der Waals surface area (Å²) in [5.74, 6) is 0.0983. The first-order valence-electron chi connectivity index (χ1n) is 4.27. The number of hydrogen-bond donors (Lipinski definition) is 2. The Bertz CT molecular complexity index is 260. The van der Waals surface area contributed by atoms with Crippen LogP contribution < -0.4 is 5.73 Å². The lowest BCUT2D eigenvalue weighted by Gasteiger charge is -2.17. The van der Waals surface area contributed by atoms with E-state index < -0.39 is 0 Å². The zero-order chi connectivity index (χ0) is 9.84. The second kappa shape index (κ2) is 4.74. The molecule has 0 spiro atoms.